The van der Waals surface area contributed by atoms with Crippen molar-refractivity contribution in [3.8, 4) is 0 Å². The van der Waals surface area contributed by atoms with Crippen molar-refractivity contribution in [1.82, 2.24) is 5.32 Å². The van der Waals surface area contributed by atoms with Gasteiger partial charge < -0.3 is 5.32 Å². The Morgan fingerprint density at radius 1 is 0.875 bits per heavy atom. The van der Waals surface area contributed by atoms with Crippen LogP contribution < -0.4 is 5.32 Å². The van der Waals surface area contributed by atoms with Gasteiger partial charge in [-0.05, 0) is 43.7 Å². The quantitative estimate of drug-likeness (QED) is 0.711. The zero-order chi connectivity index (χ0) is 11.2. The third kappa shape index (κ3) is 3.23. The summed E-state index contributed by atoms with van der Waals surface area (Å²) in [5.41, 5.74) is 0. The van der Waals surface area contributed by atoms with Gasteiger partial charge in [-0.25, -0.2) is 0 Å². The Hall–Kier alpha value is -0.0400. The molecule has 0 aromatic carbocycles. The first-order valence-electron chi connectivity index (χ1n) is 7.62. The van der Waals surface area contributed by atoms with Crippen molar-refractivity contribution in [3.05, 3.63) is 0 Å². The molecule has 2 aliphatic carbocycles. The van der Waals surface area contributed by atoms with Gasteiger partial charge in [-0.2, -0.15) is 0 Å². The number of rotatable bonds is 4. The minimum absolute atomic E-state index is 1.00. The molecule has 2 atom stereocenters. The summed E-state index contributed by atoms with van der Waals surface area (Å²) in [4.78, 5) is 0. The second kappa shape index (κ2) is 6.64. The Balaban J connectivity index is 1.85. The van der Waals surface area contributed by atoms with Crippen LogP contribution in [0, 0.1) is 17.8 Å². The summed E-state index contributed by atoms with van der Waals surface area (Å²) in [5, 5.41) is 3.57. The molecule has 0 amide bonds. The highest BCUT2D eigenvalue weighted by Crippen LogP contribution is 2.42. The van der Waals surface area contributed by atoms with Crippen molar-refractivity contribution in [2.45, 2.75) is 64.7 Å². The molecule has 0 radical (unpaired) electrons. The van der Waals surface area contributed by atoms with E-state index in [1.54, 1.807) is 0 Å². The molecule has 1 N–H and O–H groups in total. The third-order valence-electron chi connectivity index (χ3n) is 4.88. The number of hydrogen-bond acceptors (Lipinski definition) is 1. The van der Waals surface area contributed by atoms with Gasteiger partial charge in [-0.15, -0.1) is 0 Å². The fourth-order valence-electron chi connectivity index (χ4n) is 4.01. The maximum absolute atomic E-state index is 3.57. The highest BCUT2D eigenvalue weighted by molar-refractivity contribution is 4.84. The molecule has 2 saturated carbocycles. The monoisotopic (exact) mass is 223 g/mol. The minimum atomic E-state index is 1.00. The van der Waals surface area contributed by atoms with Crippen LogP contribution in [0.1, 0.15) is 64.7 Å². The van der Waals surface area contributed by atoms with Crippen LogP contribution in [0.5, 0.6) is 0 Å². The average Bonchev–Trinajstić information content (AvgIpc) is 2.60. The lowest BCUT2D eigenvalue weighted by atomic mass is 9.79. The predicted octanol–water partition coefficient (Wildman–Crippen LogP) is 3.98. The molecule has 0 heterocycles. The summed E-state index contributed by atoms with van der Waals surface area (Å²) >= 11 is 0. The molecule has 94 valence electrons. The van der Waals surface area contributed by atoms with Gasteiger partial charge >= 0.3 is 0 Å². The Bertz CT molecular complexity index is 182. The van der Waals surface area contributed by atoms with E-state index in [-0.39, 0.29) is 0 Å². The highest BCUT2D eigenvalue weighted by Gasteiger charge is 2.33. The van der Waals surface area contributed by atoms with Crippen LogP contribution in [-0.2, 0) is 0 Å². The predicted molar refractivity (Wildman–Crippen MR) is 70.6 cm³/mol. The van der Waals surface area contributed by atoms with Gasteiger partial charge in [0, 0.05) is 0 Å². The van der Waals surface area contributed by atoms with E-state index in [1.807, 2.05) is 0 Å². The first kappa shape index (κ1) is 12.4. The Labute approximate surface area is 101 Å². The summed E-state index contributed by atoms with van der Waals surface area (Å²) in [6.45, 7) is 4.67. The molecule has 2 fully saturated rings. The van der Waals surface area contributed by atoms with Crippen LogP contribution in [0.4, 0.5) is 0 Å². The number of hydrogen-bond donors (Lipinski definition) is 1. The molecular formula is C15H29N. The molecular weight excluding hydrogens is 194 g/mol. The first-order valence-corrected chi connectivity index (χ1v) is 7.62. The van der Waals surface area contributed by atoms with Crippen molar-refractivity contribution in [3.63, 3.8) is 0 Å². The summed E-state index contributed by atoms with van der Waals surface area (Å²) < 4.78 is 0. The number of nitrogens with one attached hydrogen (secondary N) is 1. The molecule has 2 rings (SSSR count). The van der Waals surface area contributed by atoms with E-state index >= 15 is 0 Å². The molecule has 0 spiro atoms. The summed E-state index contributed by atoms with van der Waals surface area (Å²) in [6.07, 6.45) is 13.6. The van der Waals surface area contributed by atoms with E-state index in [9.17, 15) is 0 Å². The second-order valence-corrected chi connectivity index (χ2v) is 5.91. The van der Waals surface area contributed by atoms with Crippen molar-refractivity contribution >= 4 is 0 Å². The molecule has 16 heavy (non-hydrogen) atoms. The maximum atomic E-state index is 3.57. The van der Waals surface area contributed by atoms with Crippen molar-refractivity contribution in [2.75, 3.05) is 13.1 Å². The summed E-state index contributed by atoms with van der Waals surface area (Å²) in [5.74, 6) is 3.15. The third-order valence-corrected chi connectivity index (χ3v) is 4.88. The topological polar surface area (TPSA) is 12.0 Å². The molecule has 1 heteroatoms. The van der Waals surface area contributed by atoms with Gasteiger partial charge in [0.15, 0.2) is 0 Å². The lowest BCUT2D eigenvalue weighted by Crippen LogP contribution is -2.28. The van der Waals surface area contributed by atoms with Crippen molar-refractivity contribution in [1.29, 1.82) is 0 Å². The molecule has 2 unspecified atom stereocenters. The van der Waals surface area contributed by atoms with Crippen LogP contribution in [0.3, 0.4) is 0 Å². The standard InChI is InChI=1S/C15H29N/c1-2-16-12-14-10-7-11-15(14)13-8-5-3-4-6-9-13/h13-16H,2-12H2,1H3. The van der Waals surface area contributed by atoms with Crippen molar-refractivity contribution in [2.24, 2.45) is 17.8 Å². The lowest BCUT2D eigenvalue weighted by molar-refractivity contribution is 0.232. The van der Waals surface area contributed by atoms with E-state index in [0.29, 0.717) is 0 Å². The van der Waals surface area contributed by atoms with Crippen LogP contribution in [-0.4, -0.2) is 13.1 Å². The van der Waals surface area contributed by atoms with Crippen LogP contribution >= 0.6 is 0 Å². The van der Waals surface area contributed by atoms with Gasteiger partial charge in [-0.3, -0.25) is 0 Å². The Kier molecular flexibility index (Phi) is 5.15. The fraction of sp³-hybridized carbons (Fsp3) is 1.00. The average molecular weight is 223 g/mol. The first-order chi connectivity index (χ1) is 7.92. The van der Waals surface area contributed by atoms with Crippen LogP contribution in [0.25, 0.3) is 0 Å². The van der Waals surface area contributed by atoms with Gasteiger partial charge in [0.25, 0.3) is 0 Å². The second-order valence-electron chi connectivity index (χ2n) is 5.91. The highest BCUT2D eigenvalue weighted by atomic mass is 14.8. The Morgan fingerprint density at radius 2 is 1.62 bits per heavy atom. The van der Waals surface area contributed by atoms with Crippen molar-refractivity contribution < 1.29 is 0 Å². The largest absolute Gasteiger partial charge is 0.317 e. The van der Waals surface area contributed by atoms with Gasteiger partial charge in [0.1, 0.15) is 0 Å². The van der Waals surface area contributed by atoms with E-state index < -0.39 is 0 Å². The van der Waals surface area contributed by atoms with Gasteiger partial charge in [-0.1, -0.05) is 51.9 Å². The zero-order valence-corrected chi connectivity index (χ0v) is 11.0. The normalized spacial score (nSPS) is 32.8. The molecule has 0 aromatic rings. The molecule has 0 saturated heterocycles. The molecule has 2 aliphatic rings. The molecule has 0 aromatic heterocycles. The smallest absolute Gasteiger partial charge is 0.00179 e. The van der Waals surface area contributed by atoms with E-state index in [1.165, 1.54) is 64.3 Å². The molecule has 1 nitrogen and oxygen atoms in total. The van der Waals surface area contributed by atoms with Gasteiger partial charge in [0.2, 0.25) is 0 Å². The molecule has 0 aliphatic heterocycles. The van der Waals surface area contributed by atoms with Crippen LogP contribution in [0.15, 0.2) is 0 Å². The fourth-order valence-corrected chi connectivity index (χ4v) is 4.01. The van der Waals surface area contributed by atoms with E-state index in [2.05, 4.69) is 12.2 Å². The minimum Gasteiger partial charge on any atom is -0.317 e. The van der Waals surface area contributed by atoms with E-state index in [0.717, 1.165) is 24.3 Å². The SMILES string of the molecule is CCNCC1CCCC1C1CCCCCC1. The van der Waals surface area contributed by atoms with Crippen LogP contribution in [0.2, 0.25) is 0 Å². The molecule has 0 bridgehead atoms. The van der Waals surface area contributed by atoms with E-state index in [4.69, 9.17) is 0 Å². The van der Waals surface area contributed by atoms with Gasteiger partial charge in [0.05, 0.1) is 0 Å². The Morgan fingerprint density at radius 3 is 2.31 bits per heavy atom. The zero-order valence-electron chi connectivity index (χ0n) is 11.0. The summed E-state index contributed by atoms with van der Waals surface area (Å²) in [6, 6.07) is 0. The maximum Gasteiger partial charge on any atom is -0.00179 e. The lowest BCUT2D eigenvalue weighted by Gasteiger charge is -2.28. The summed E-state index contributed by atoms with van der Waals surface area (Å²) in [7, 11) is 0.